The highest BCUT2D eigenvalue weighted by Crippen LogP contribution is 2.33. The fourth-order valence-electron chi connectivity index (χ4n) is 3.59. The average Bonchev–Trinajstić information content (AvgIpc) is 3.19. The van der Waals surface area contributed by atoms with Crippen molar-refractivity contribution in [2.24, 2.45) is 0 Å². The molecule has 0 N–H and O–H groups in total. The van der Waals surface area contributed by atoms with Crippen molar-refractivity contribution < 1.29 is 13.2 Å². The zero-order valence-electron chi connectivity index (χ0n) is 16.6. The van der Waals surface area contributed by atoms with Crippen LogP contribution in [0.3, 0.4) is 0 Å². The first-order valence-electron chi connectivity index (χ1n) is 9.52. The molecule has 0 spiro atoms. The smallest absolute Gasteiger partial charge is 0.265 e. The van der Waals surface area contributed by atoms with Crippen LogP contribution in [0.2, 0.25) is 0 Å². The number of nitrogens with zero attached hydrogens (tertiary/aromatic N) is 5. The van der Waals surface area contributed by atoms with E-state index in [0.29, 0.717) is 48.0 Å². The molecule has 3 aromatic heterocycles. The number of carbonyl (C=O) groups is 1. The van der Waals surface area contributed by atoms with Crippen molar-refractivity contribution in [2.75, 3.05) is 19.3 Å². The number of carbonyl (C=O) groups excluding carboxylic acids is 1. The van der Waals surface area contributed by atoms with Crippen molar-refractivity contribution >= 4 is 27.1 Å². The zero-order chi connectivity index (χ0) is 21.3. The summed E-state index contributed by atoms with van der Waals surface area (Å²) in [6.07, 6.45) is 5.45. The Bertz CT molecular complexity index is 1170. The van der Waals surface area contributed by atoms with E-state index in [9.17, 15) is 13.2 Å². The number of hydrogen-bond donors (Lipinski definition) is 0. The van der Waals surface area contributed by atoms with Gasteiger partial charge in [-0.25, -0.2) is 23.4 Å². The van der Waals surface area contributed by atoms with Crippen LogP contribution in [0.15, 0.2) is 41.0 Å². The van der Waals surface area contributed by atoms with Gasteiger partial charge in [-0.05, 0) is 31.9 Å². The second kappa shape index (κ2) is 8.19. The van der Waals surface area contributed by atoms with Crippen LogP contribution in [0, 0.1) is 6.92 Å². The van der Waals surface area contributed by atoms with E-state index in [4.69, 9.17) is 0 Å². The number of thiazole rings is 1. The molecule has 0 aliphatic carbocycles. The van der Waals surface area contributed by atoms with E-state index in [2.05, 4.69) is 19.9 Å². The first-order valence-corrected chi connectivity index (χ1v) is 12.3. The van der Waals surface area contributed by atoms with Crippen LogP contribution in [0.25, 0.3) is 11.5 Å². The molecule has 30 heavy (non-hydrogen) atoms. The minimum absolute atomic E-state index is 0.0198. The highest BCUT2D eigenvalue weighted by Gasteiger charge is 2.30. The van der Waals surface area contributed by atoms with Gasteiger partial charge in [-0.1, -0.05) is 6.07 Å². The number of aromatic nitrogens is 4. The lowest BCUT2D eigenvalue weighted by molar-refractivity contribution is 0.0715. The Morgan fingerprint density at radius 3 is 2.53 bits per heavy atom. The molecule has 0 bridgehead atoms. The Balaban J connectivity index is 1.60. The summed E-state index contributed by atoms with van der Waals surface area (Å²) >= 11 is 1.34. The molecule has 156 valence electrons. The lowest BCUT2D eigenvalue weighted by atomic mass is 9.93. The van der Waals surface area contributed by atoms with Crippen molar-refractivity contribution in [1.29, 1.82) is 0 Å². The lowest BCUT2D eigenvalue weighted by Gasteiger charge is -2.32. The molecule has 8 nitrogen and oxygen atoms in total. The maximum atomic E-state index is 12.8. The van der Waals surface area contributed by atoms with Crippen molar-refractivity contribution in [3.8, 4) is 11.5 Å². The molecule has 0 aromatic carbocycles. The van der Waals surface area contributed by atoms with Crippen LogP contribution in [-0.2, 0) is 9.84 Å². The highest BCUT2D eigenvalue weighted by atomic mass is 32.2. The van der Waals surface area contributed by atoms with Crippen LogP contribution < -0.4 is 0 Å². The molecule has 1 aliphatic heterocycles. The Morgan fingerprint density at radius 2 is 1.93 bits per heavy atom. The van der Waals surface area contributed by atoms with Crippen LogP contribution in [0.5, 0.6) is 0 Å². The summed E-state index contributed by atoms with van der Waals surface area (Å²) in [4.78, 5) is 32.6. The van der Waals surface area contributed by atoms with Gasteiger partial charge in [0.05, 0.1) is 16.9 Å². The van der Waals surface area contributed by atoms with E-state index in [1.165, 1.54) is 23.8 Å². The number of amides is 1. The molecular weight excluding hydrogens is 422 g/mol. The number of aryl methyl sites for hydroxylation is 1. The first kappa shape index (κ1) is 20.5. The van der Waals surface area contributed by atoms with Gasteiger partial charge in [0.25, 0.3) is 5.91 Å². The molecule has 0 atom stereocenters. The van der Waals surface area contributed by atoms with Gasteiger partial charge in [0.15, 0.2) is 15.7 Å². The molecule has 1 aliphatic rings. The third-order valence-electron chi connectivity index (χ3n) is 5.18. The van der Waals surface area contributed by atoms with Gasteiger partial charge >= 0.3 is 0 Å². The van der Waals surface area contributed by atoms with E-state index >= 15 is 0 Å². The van der Waals surface area contributed by atoms with Crippen molar-refractivity contribution in [3.05, 3.63) is 52.4 Å². The van der Waals surface area contributed by atoms with Gasteiger partial charge in [-0.3, -0.25) is 9.78 Å². The summed E-state index contributed by atoms with van der Waals surface area (Å²) in [6.45, 7) is 2.90. The predicted molar refractivity (Wildman–Crippen MR) is 113 cm³/mol. The molecule has 10 heteroatoms. The Kier molecular flexibility index (Phi) is 5.61. The number of sulfone groups is 1. The fraction of sp³-hybridized carbons (Fsp3) is 0.350. The maximum absolute atomic E-state index is 12.8. The molecule has 1 saturated heterocycles. The summed E-state index contributed by atoms with van der Waals surface area (Å²) in [7, 11) is -3.49. The van der Waals surface area contributed by atoms with Gasteiger partial charge in [-0.15, -0.1) is 11.3 Å². The van der Waals surface area contributed by atoms with E-state index < -0.39 is 9.84 Å². The third-order valence-corrected chi connectivity index (χ3v) is 7.22. The Hall–Kier alpha value is -2.72. The molecular formula is C20H21N5O3S2. The summed E-state index contributed by atoms with van der Waals surface area (Å²) < 4.78 is 24.7. The second-order valence-electron chi connectivity index (χ2n) is 7.26. The molecule has 0 unspecified atom stereocenters. The minimum atomic E-state index is -3.49. The topological polar surface area (TPSA) is 106 Å². The number of piperidine rings is 1. The summed E-state index contributed by atoms with van der Waals surface area (Å²) in [6, 6.07) is 5.42. The van der Waals surface area contributed by atoms with Crippen molar-refractivity contribution in [2.45, 2.75) is 30.6 Å². The van der Waals surface area contributed by atoms with Gasteiger partial charge in [0.1, 0.15) is 15.5 Å². The predicted octanol–water partition coefficient (Wildman–Crippen LogP) is 2.73. The van der Waals surface area contributed by atoms with Crippen LogP contribution in [0.4, 0.5) is 0 Å². The monoisotopic (exact) mass is 443 g/mol. The van der Waals surface area contributed by atoms with Crippen LogP contribution in [-0.4, -0.2) is 58.5 Å². The summed E-state index contributed by atoms with van der Waals surface area (Å²) in [5.74, 6) is 0.303. The van der Waals surface area contributed by atoms with Crippen LogP contribution in [0.1, 0.15) is 39.8 Å². The fourth-order valence-corrected chi connectivity index (χ4v) is 5.19. The quantitative estimate of drug-likeness (QED) is 0.610. The minimum Gasteiger partial charge on any atom is -0.338 e. The number of likely N-dealkylation sites (tertiary alicyclic amines) is 1. The molecule has 4 rings (SSSR count). The van der Waals surface area contributed by atoms with Crippen molar-refractivity contribution in [1.82, 2.24) is 24.8 Å². The van der Waals surface area contributed by atoms with E-state index in [1.54, 1.807) is 28.7 Å². The number of rotatable bonds is 4. The van der Waals surface area contributed by atoms with Gasteiger partial charge in [-0.2, -0.15) is 0 Å². The maximum Gasteiger partial charge on any atom is 0.265 e. The number of pyridine rings is 1. The van der Waals surface area contributed by atoms with E-state index in [1.807, 2.05) is 13.0 Å². The summed E-state index contributed by atoms with van der Waals surface area (Å²) in [5, 5.41) is 0. The van der Waals surface area contributed by atoms with Gasteiger partial charge in [0, 0.05) is 37.7 Å². The Labute approximate surface area is 179 Å². The molecule has 4 heterocycles. The summed E-state index contributed by atoms with van der Waals surface area (Å²) in [5.41, 5.74) is 3.51. The van der Waals surface area contributed by atoms with Gasteiger partial charge < -0.3 is 4.90 Å². The number of hydrogen-bond acceptors (Lipinski definition) is 8. The zero-order valence-corrected chi connectivity index (χ0v) is 18.3. The van der Waals surface area contributed by atoms with E-state index in [0.717, 1.165) is 5.69 Å². The molecule has 0 saturated carbocycles. The highest BCUT2D eigenvalue weighted by molar-refractivity contribution is 7.90. The van der Waals surface area contributed by atoms with Crippen LogP contribution >= 0.6 is 11.3 Å². The standard InChI is InChI=1S/C20H21N5O3S2/c1-13-18(29-12-23-13)20(26)25-9-6-14(7-10-25)17-16(30(2,27)28)11-22-19(24-17)15-5-3-4-8-21-15/h3-5,8,11-12,14H,6-7,9-10H2,1-2H3. The first-order chi connectivity index (χ1) is 14.3. The largest absolute Gasteiger partial charge is 0.338 e. The molecule has 3 aromatic rings. The van der Waals surface area contributed by atoms with E-state index in [-0.39, 0.29) is 16.7 Å². The SMILES string of the molecule is Cc1ncsc1C(=O)N1CCC(c2nc(-c3ccccn3)ncc2S(C)(=O)=O)CC1. The van der Waals surface area contributed by atoms with Crippen molar-refractivity contribution in [3.63, 3.8) is 0 Å². The second-order valence-corrected chi connectivity index (χ2v) is 10.1. The molecule has 1 amide bonds. The normalized spacial score (nSPS) is 15.3. The molecule has 1 fully saturated rings. The van der Waals surface area contributed by atoms with Gasteiger partial charge in [0.2, 0.25) is 0 Å². The Morgan fingerprint density at radius 1 is 1.17 bits per heavy atom. The third kappa shape index (κ3) is 4.10. The molecule has 0 radical (unpaired) electrons. The lowest BCUT2D eigenvalue weighted by Crippen LogP contribution is -2.38. The average molecular weight is 444 g/mol.